The van der Waals surface area contributed by atoms with E-state index in [-0.39, 0.29) is 11.8 Å². The van der Waals surface area contributed by atoms with E-state index in [1.165, 1.54) is 0 Å². The van der Waals surface area contributed by atoms with Crippen molar-refractivity contribution in [3.8, 4) is 0 Å². The number of ether oxygens (including phenoxy) is 1. The van der Waals surface area contributed by atoms with Gasteiger partial charge >= 0.3 is 6.09 Å². The second-order valence-corrected chi connectivity index (χ2v) is 6.96. The minimum Gasteiger partial charge on any atom is -0.477 e. The number of ketones is 1. The summed E-state index contributed by atoms with van der Waals surface area (Å²) in [4.78, 5) is 26.6. The van der Waals surface area contributed by atoms with Crippen LogP contribution in [0.1, 0.15) is 57.1 Å². The molecule has 2 unspecified atom stereocenters. The molecule has 0 fully saturated rings. The second-order valence-electron chi connectivity index (χ2n) is 6.52. The molecule has 1 aliphatic rings. The van der Waals surface area contributed by atoms with Gasteiger partial charge in [-0.2, -0.15) is 0 Å². The molecule has 0 radical (unpaired) electrons. The number of hydrogen-bond acceptors (Lipinski definition) is 4. The van der Waals surface area contributed by atoms with E-state index in [0.717, 1.165) is 32.1 Å². The van der Waals surface area contributed by atoms with E-state index in [0.29, 0.717) is 29.5 Å². The van der Waals surface area contributed by atoms with Gasteiger partial charge in [0.15, 0.2) is 0 Å². The standard InChI is InChI=1S/C19H25ClN2O4/c1-13(23)7-4-2-3-5-10-16-12-26-18(21-16)17(22-19(24)25)14-8-6-9-15(20)11-14/h6,8-9,11,16-17,22H,2-5,7,10,12H2,1H3,(H,24,25). The molecule has 26 heavy (non-hydrogen) atoms. The summed E-state index contributed by atoms with van der Waals surface area (Å²) in [7, 11) is 0. The lowest BCUT2D eigenvalue weighted by molar-refractivity contribution is -0.117. The van der Waals surface area contributed by atoms with Gasteiger partial charge < -0.3 is 20.0 Å². The van der Waals surface area contributed by atoms with Crippen molar-refractivity contribution in [2.24, 2.45) is 4.99 Å². The number of carbonyl (C=O) groups excluding carboxylic acids is 1. The molecule has 2 rings (SSSR count). The highest BCUT2D eigenvalue weighted by Gasteiger charge is 2.28. The predicted octanol–water partition coefficient (Wildman–Crippen LogP) is 4.38. The third-order valence-corrected chi connectivity index (χ3v) is 4.48. The van der Waals surface area contributed by atoms with Gasteiger partial charge in [-0.3, -0.25) is 0 Å². The second kappa shape index (κ2) is 10.2. The first kappa shape index (κ1) is 20.2. The maximum absolute atomic E-state index is 11.1. The van der Waals surface area contributed by atoms with Gasteiger partial charge in [0.1, 0.15) is 18.4 Å². The van der Waals surface area contributed by atoms with Gasteiger partial charge in [-0.1, -0.05) is 43.0 Å². The van der Waals surface area contributed by atoms with Crippen LogP contribution >= 0.6 is 11.6 Å². The topological polar surface area (TPSA) is 88.0 Å². The van der Waals surface area contributed by atoms with Crippen LogP contribution in [0, 0.1) is 0 Å². The number of carboxylic acid groups (broad SMARTS) is 1. The summed E-state index contributed by atoms with van der Waals surface area (Å²) in [6, 6.07) is 6.37. The fraction of sp³-hybridized carbons (Fsp3) is 0.526. The zero-order chi connectivity index (χ0) is 18.9. The SMILES string of the molecule is CC(=O)CCCCCCC1COC(C(NC(=O)O)c2cccc(Cl)c2)=N1. The summed E-state index contributed by atoms with van der Waals surface area (Å²) in [5, 5.41) is 12.1. The van der Waals surface area contributed by atoms with E-state index < -0.39 is 12.1 Å². The molecule has 0 bridgehead atoms. The van der Waals surface area contributed by atoms with Gasteiger partial charge in [0.2, 0.25) is 5.90 Å². The molecule has 1 aromatic rings. The molecule has 0 aromatic heterocycles. The van der Waals surface area contributed by atoms with Crippen molar-refractivity contribution in [1.29, 1.82) is 0 Å². The average Bonchev–Trinajstić information content (AvgIpc) is 3.04. The smallest absolute Gasteiger partial charge is 0.405 e. The maximum Gasteiger partial charge on any atom is 0.405 e. The molecule has 0 saturated heterocycles. The molecule has 7 heteroatoms. The van der Waals surface area contributed by atoms with Crippen molar-refractivity contribution < 1.29 is 19.4 Å². The summed E-state index contributed by atoms with van der Waals surface area (Å²) in [6.45, 7) is 2.08. The first-order chi connectivity index (χ1) is 12.5. The third kappa shape index (κ3) is 6.67. The molecule has 142 valence electrons. The fourth-order valence-corrected chi connectivity index (χ4v) is 3.15. The molecule has 2 atom stereocenters. The van der Waals surface area contributed by atoms with Gasteiger partial charge in [0.05, 0.1) is 6.04 Å². The summed E-state index contributed by atoms with van der Waals surface area (Å²) >= 11 is 6.01. The fourth-order valence-electron chi connectivity index (χ4n) is 2.95. The number of carbonyl (C=O) groups is 2. The molecule has 0 spiro atoms. The Morgan fingerprint density at radius 1 is 1.35 bits per heavy atom. The van der Waals surface area contributed by atoms with Crippen LogP contribution < -0.4 is 5.32 Å². The maximum atomic E-state index is 11.1. The molecular weight excluding hydrogens is 356 g/mol. The average molecular weight is 381 g/mol. The van der Waals surface area contributed by atoms with Crippen molar-refractivity contribution in [1.82, 2.24) is 5.32 Å². The third-order valence-electron chi connectivity index (χ3n) is 4.25. The molecule has 1 heterocycles. The highest BCUT2D eigenvalue weighted by Crippen LogP contribution is 2.24. The van der Waals surface area contributed by atoms with E-state index in [1.807, 2.05) is 0 Å². The summed E-state index contributed by atoms with van der Waals surface area (Å²) < 4.78 is 5.67. The van der Waals surface area contributed by atoms with Crippen LogP contribution in [-0.2, 0) is 9.53 Å². The quantitative estimate of drug-likeness (QED) is 0.590. The van der Waals surface area contributed by atoms with Crippen LogP contribution in [0.2, 0.25) is 5.02 Å². The minimum absolute atomic E-state index is 0.0371. The Hall–Kier alpha value is -2.08. The molecule has 2 N–H and O–H groups in total. The van der Waals surface area contributed by atoms with Crippen molar-refractivity contribution in [3.05, 3.63) is 34.9 Å². The predicted molar refractivity (Wildman–Crippen MR) is 101 cm³/mol. The van der Waals surface area contributed by atoms with E-state index in [1.54, 1.807) is 31.2 Å². The number of hydrogen-bond donors (Lipinski definition) is 2. The van der Waals surface area contributed by atoms with Gasteiger partial charge in [-0.15, -0.1) is 0 Å². The van der Waals surface area contributed by atoms with Crippen molar-refractivity contribution in [2.75, 3.05) is 6.61 Å². The largest absolute Gasteiger partial charge is 0.477 e. The molecule has 0 saturated carbocycles. The molecular formula is C19H25ClN2O4. The number of rotatable bonds is 10. The highest BCUT2D eigenvalue weighted by atomic mass is 35.5. The van der Waals surface area contributed by atoms with E-state index in [4.69, 9.17) is 21.4 Å². The van der Waals surface area contributed by atoms with Crippen LogP contribution in [-0.4, -0.2) is 35.5 Å². The zero-order valence-electron chi connectivity index (χ0n) is 14.9. The monoisotopic (exact) mass is 380 g/mol. The number of nitrogens with one attached hydrogen (secondary N) is 1. The Bertz CT molecular complexity index is 663. The van der Waals surface area contributed by atoms with E-state index >= 15 is 0 Å². The highest BCUT2D eigenvalue weighted by molar-refractivity contribution is 6.30. The summed E-state index contributed by atoms with van der Waals surface area (Å²) in [5.74, 6) is 0.623. The minimum atomic E-state index is -1.14. The number of unbranched alkanes of at least 4 members (excludes halogenated alkanes) is 3. The first-order valence-corrected chi connectivity index (χ1v) is 9.28. The number of nitrogens with zero attached hydrogens (tertiary/aromatic N) is 1. The summed E-state index contributed by atoms with van der Waals surface area (Å²) in [5.41, 5.74) is 0.698. The van der Waals surface area contributed by atoms with Gasteiger partial charge in [-0.05, 0) is 37.5 Å². The van der Waals surface area contributed by atoms with Crippen molar-refractivity contribution in [2.45, 2.75) is 57.5 Å². The lowest BCUT2D eigenvalue weighted by Gasteiger charge is -2.17. The van der Waals surface area contributed by atoms with Gasteiger partial charge in [0, 0.05) is 11.4 Å². The van der Waals surface area contributed by atoms with E-state index in [9.17, 15) is 9.59 Å². The Labute approximate surface area is 158 Å². The molecule has 1 aromatic carbocycles. The van der Waals surface area contributed by atoms with Crippen LogP contribution in [0.25, 0.3) is 0 Å². The van der Waals surface area contributed by atoms with Crippen LogP contribution in [0.4, 0.5) is 4.79 Å². The number of Topliss-reactive ketones (excluding diaryl/α,β-unsaturated/α-hetero) is 1. The Morgan fingerprint density at radius 2 is 2.12 bits per heavy atom. The Morgan fingerprint density at radius 3 is 2.81 bits per heavy atom. The molecule has 6 nitrogen and oxygen atoms in total. The van der Waals surface area contributed by atoms with Crippen molar-refractivity contribution >= 4 is 29.4 Å². The van der Waals surface area contributed by atoms with E-state index in [2.05, 4.69) is 10.3 Å². The van der Waals surface area contributed by atoms with Crippen LogP contribution in [0.3, 0.4) is 0 Å². The van der Waals surface area contributed by atoms with Crippen molar-refractivity contribution in [3.63, 3.8) is 0 Å². The summed E-state index contributed by atoms with van der Waals surface area (Å²) in [6.07, 6.45) is 4.43. The molecule has 1 aliphatic heterocycles. The van der Waals surface area contributed by atoms with Crippen LogP contribution in [0.5, 0.6) is 0 Å². The number of benzene rings is 1. The zero-order valence-corrected chi connectivity index (χ0v) is 15.7. The molecule has 0 aliphatic carbocycles. The van der Waals surface area contributed by atoms with Gasteiger partial charge in [0.25, 0.3) is 0 Å². The number of aliphatic imine (C=N–C) groups is 1. The van der Waals surface area contributed by atoms with Crippen LogP contribution in [0.15, 0.2) is 29.3 Å². The Balaban J connectivity index is 1.90. The normalized spacial score (nSPS) is 17.3. The number of halogens is 1. The van der Waals surface area contributed by atoms with Gasteiger partial charge in [-0.25, -0.2) is 9.79 Å². The lowest BCUT2D eigenvalue weighted by atomic mass is 10.1. The first-order valence-electron chi connectivity index (χ1n) is 8.90. The lowest BCUT2D eigenvalue weighted by Crippen LogP contribution is -2.32. The molecule has 1 amide bonds. The number of amides is 1. The Kier molecular flexibility index (Phi) is 7.91.